The molecule has 0 fully saturated rings. The highest BCUT2D eigenvalue weighted by Crippen LogP contribution is 2.33. The summed E-state index contributed by atoms with van der Waals surface area (Å²) in [6.07, 6.45) is 0. The molecule has 0 N–H and O–H groups in total. The van der Waals surface area contributed by atoms with Gasteiger partial charge in [0.15, 0.2) is 0 Å². The quantitative estimate of drug-likeness (QED) is 0.524. The van der Waals surface area contributed by atoms with Crippen LogP contribution >= 0.6 is 11.6 Å². The standard InChI is InChI=1S/C22H22ClNO4S/c1-16-4-10-22(11-5-16)29(25,26)24(15-17-6-8-18(23)9-7-17)19-12-20(27-2)14-21(13-19)28-3/h4-14H,15H2,1-3H3. The molecule has 0 heterocycles. The number of rotatable bonds is 7. The predicted octanol–water partition coefficient (Wildman–Crippen LogP) is 5.06. The van der Waals surface area contributed by atoms with E-state index in [1.807, 2.05) is 6.92 Å². The van der Waals surface area contributed by atoms with E-state index in [4.69, 9.17) is 21.1 Å². The van der Waals surface area contributed by atoms with Crippen molar-refractivity contribution in [3.05, 3.63) is 82.9 Å². The van der Waals surface area contributed by atoms with Gasteiger partial charge in [0.25, 0.3) is 10.0 Å². The van der Waals surface area contributed by atoms with E-state index in [0.29, 0.717) is 22.2 Å². The minimum atomic E-state index is -3.84. The lowest BCUT2D eigenvalue weighted by molar-refractivity contribution is 0.394. The molecule has 0 aromatic heterocycles. The number of benzene rings is 3. The largest absolute Gasteiger partial charge is 0.497 e. The van der Waals surface area contributed by atoms with Crippen LogP contribution in [0.1, 0.15) is 11.1 Å². The Hall–Kier alpha value is -2.70. The zero-order chi connectivity index (χ0) is 21.0. The summed E-state index contributed by atoms with van der Waals surface area (Å²) < 4.78 is 39.1. The van der Waals surface area contributed by atoms with Crippen molar-refractivity contribution in [1.29, 1.82) is 0 Å². The Kier molecular flexibility index (Phi) is 6.35. The number of halogens is 1. The van der Waals surface area contributed by atoms with Crippen LogP contribution in [0.2, 0.25) is 5.02 Å². The van der Waals surface area contributed by atoms with Crippen LogP contribution in [-0.4, -0.2) is 22.6 Å². The molecule has 0 atom stereocenters. The van der Waals surface area contributed by atoms with Crippen LogP contribution < -0.4 is 13.8 Å². The van der Waals surface area contributed by atoms with Gasteiger partial charge in [-0.05, 0) is 36.8 Å². The Bertz CT molecular complexity index is 1060. The number of methoxy groups -OCH3 is 2. The van der Waals surface area contributed by atoms with E-state index in [1.54, 1.807) is 66.7 Å². The van der Waals surface area contributed by atoms with Gasteiger partial charge in [0.1, 0.15) is 11.5 Å². The molecule has 0 aliphatic carbocycles. The first-order valence-corrected chi connectivity index (χ1v) is 10.7. The summed E-state index contributed by atoms with van der Waals surface area (Å²) >= 11 is 5.98. The van der Waals surface area contributed by atoms with Crippen molar-refractivity contribution in [2.75, 3.05) is 18.5 Å². The molecular formula is C22H22ClNO4S. The van der Waals surface area contributed by atoms with Gasteiger partial charge in [0.2, 0.25) is 0 Å². The number of hydrogen-bond acceptors (Lipinski definition) is 4. The summed E-state index contributed by atoms with van der Waals surface area (Å²) in [7, 11) is -0.791. The molecule has 3 rings (SSSR count). The molecule has 0 aliphatic heterocycles. The predicted molar refractivity (Wildman–Crippen MR) is 116 cm³/mol. The molecule has 0 radical (unpaired) electrons. The van der Waals surface area contributed by atoms with E-state index in [2.05, 4.69) is 0 Å². The normalized spacial score (nSPS) is 11.2. The fourth-order valence-corrected chi connectivity index (χ4v) is 4.41. The van der Waals surface area contributed by atoms with Crippen molar-refractivity contribution < 1.29 is 17.9 Å². The summed E-state index contributed by atoms with van der Waals surface area (Å²) in [4.78, 5) is 0.207. The molecule has 0 saturated heterocycles. The number of hydrogen-bond donors (Lipinski definition) is 0. The van der Waals surface area contributed by atoms with Crippen LogP contribution in [0, 0.1) is 6.92 Å². The van der Waals surface area contributed by atoms with E-state index in [0.717, 1.165) is 11.1 Å². The van der Waals surface area contributed by atoms with Crippen LogP contribution in [0.4, 0.5) is 5.69 Å². The summed E-state index contributed by atoms with van der Waals surface area (Å²) in [5.41, 5.74) is 2.22. The van der Waals surface area contributed by atoms with Gasteiger partial charge in [-0.3, -0.25) is 4.31 Å². The maximum absolute atomic E-state index is 13.5. The van der Waals surface area contributed by atoms with E-state index >= 15 is 0 Å². The van der Waals surface area contributed by atoms with Gasteiger partial charge in [-0.25, -0.2) is 8.42 Å². The average Bonchev–Trinajstić information content (AvgIpc) is 2.73. The van der Waals surface area contributed by atoms with Gasteiger partial charge in [0.05, 0.1) is 31.3 Å². The molecule has 0 aliphatic rings. The Balaban J connectivity index is 2.13. The zero-order valence-corrected chi connectivity index (χ0v) is 18.0. The van der Waals surface area contributed by atoms with Gasteiger partial charge in [-0.2, -0.15) is 0 Å². The maximum Gasteiger partial charge on any atom is 0.264 e. The van der Waals surface area contributed by atoms with Crippen molar-refractivity contribution >= 4 is 27.3 Å². The number of sulfonamides is 1. The highest BCUT2D eigenvalue weighted by Gasteiger charge is 2.26. The molecule has 3 aromatic rings. The second-order valence-corrected chi connectivity index (χ2v) is 8.82. The van der Waals surface area contributed by atoms with Crippen molar-refractivity contribution in [3.8, 4) is 11.5 Å². The molecule has 152 valence electrons. The fourth-order valence-electron chi connectivity index (χ4n) is 2.84. The van der Waals surface area contributed by atoms with Crippen molar-refractivity contribution in [1.82, 2.24) is 0 Å². The van der Waals surface area contributed by atoms with Crippen molar-refractivity contribution in [2.24, 2.45) is 0 Å². The summed E-state index contributed by atoms with van der Waals surface area (Å²) in [5, 5.41) is 0.588. The molecule has 0 saturated carbocycles. The van der Waals surface area contributed by atoms with Crippen LogP contribution in [0.5, 0.6) is 11.5 Å². The third-order valence-corrected chi connectivity index (χ3v) is 6.51. The Morgan fingerprint density at radius 2 is 1.41 bits per heavy atom. The Labute approximate surface area is 176 Å². The molecule has 29 heavy (non-hydrogen) atoms. The smallest absolute Gasteiger partial charge is 0.264 e. The molecular weight excluding hydrogens is 410 g/mol. The Morgan fingerprint density at radius 3 is 1.93 bits per heavy atom. The molecule has 7 heteroatoms. The van der Waals surface area contributed by atoms with Crippen molar-refractivity contribution in [2.45, 2.75) is 18.4 Å². The van der Waals surface area contributed by atoms with E-state index in [-0.39, 0.29) is 11.4 Å². The topological polar surface area (TPSA) is 55.8 Å². The molecule has 5 nitrogen and oxygen atoms in total. The van der Waals surface area contributed by atoms with E-state index < -0.39 is 10.0 Å². The number of nitrogens with zero attached hydrogens (tertiary/aromatic N) is 1. The third kappa shape index (κ3) is 4.83. The van der Waals surface area contributed by atoms with Gasteiger partial charge >= 0.3 is 0 Å². The lowest BCUT2D eigenvalue weighted by atomic mass is 10.2. The fraction of sp³-hybridized carbons (Fsp3) is 0.182. The minimum Gasteiger partial charge on any atom is -0.497 e. The average molecular weight is 432 g/mol. The summed E-state index contributed by atoms with van der Waals surface area (Å²) in [6, 6.07) is 18.9. The number of ether oxygens (including phenoxy) is 2. The van der Waals surface area contributed by atoms with Gasteiger partial charge in [-0.1, -0.05) is 41.4 Å². The number of aryl methyl sites for hydroxylation is 1. The molecule has 0 unspecified atom stereocenters. The molecule has 0 spiro atoms. The first kappa shape index (κ1) is 21.0. The highest BCUT2D eigenvalue weighted by atomic mass is 35.5. The molecule has 3 aromatic carbocycles. The van der Waals surface area contributed by atoms with Gasteiger partial charge in [0, 0.05) is 23.2 Å². The molecule has 0 bridgehead atoms. The van der Waals surface area contributed by atoms with Crippen LogP contribution in [0.3, 0.4) is 0 Å². The second-order valence-electron chi connectivity index (χ2n) is 6.52. The van der Waals surface area contributed by atoms with Crippen LogP contribution in [0.25, 0.3) is 0 Å². The molecule has 0 amide bonds. The second kappa shape index (κ2) is 8.76. The third-order valence-electron chi connectivity index (χ3n) is 4.47. The Morgan fingerprint density at radius 1 is 0.862 bits per heavy atom. The lowest BCUT2D eigenvalue weighted by Crippen LogP contribution is -2.30. The van der Waals surface area contributed by atoms with Gasteiger partial charge in [-0.15, -0.1) is 0 Å². The monoisotopic (exact) mass is 431 g/mol. The van der Waals surface area contributed by atoms with Crippen LogP contribution in [-0.2, 0) is 16.6 Å². The lowest BCUT2D eigenvalue weighted by Gasteiger charge is -2.25. The van der Waals surface area contributed by atoms with Gasteiger partial charge < -0.3 is 9.47 Å². The first-order valence-electron chi connectivity index (χ1n) is 8.90. The van der Waals surface area contributed by atoms with Crippen LogP contribution in [0.15, 0.2) is 71.6 Å². The zero-order valence-electron chi connectivity index (χ0n) is 16.4. The van der Waals surface area contributed by atoms with E-state index in [9.17, 15) is 8.42 Å². The SMILES string of the molecule is COc1cc(OC)cc(N(Cc2ccc(Cl)cc2)S(=O)(=O)c2ccc(C)cc2)c1. The summed E-state index contributed by atoms with van der Waals surface area (Å²) in [6.45, 7) is 2.04. The van der Waals surface area contributed by atoms with Crippen molar-refractivity contribution in [3.63, 3.8) is 0 Å². The maximum atomic E-state index is 13.5. The summed E-state index contributed by atoms with van der Waals surface area (Å²) in [5.74, 6) is 0.999. The first-order chi connectivity index (χ1) is 13.8. The van der Waals surface area contributed by atoms with E-state index in [1.165, 1.54) is 18.5 Å². The number of anilines is 1. The minimum absolute atomic E-state index is 0.129. The highest BCUT2D eigenvalue weighted by molar-refractivity contribution is 7.92.